The van der Waals surface area contributed by atoms with Crippen molar-refractivity contribution in [2.75, 3.05) is 6.54 Å². The minimum atomic E-state index is -4.54. The molecule has 2 N–H and O–H groups in total. The van der Waals surface area contributed by atoms with Crippen LogP contribution in [0, 0.1) is 0 Å². The van der Waals surface area contributed by atoms with Gasteiger partial charge < -0.3 is 9.66 Å². The van der Waals surface area contributed by atoms with E-state index in [9.17, 15) is 18.1 Å². The van der Waals surface area contributed by atoms with Crippen molar-refractivity contribution in [3.05, 3.63) is 35.9 Å². The first-order chi connectivity index (χ1) is 7.37. The Hall–Kier alpha value is -0.950. The highest BCUT2D eigenvalue weighted by atomic mass is 32.2. The Morgan fingerprint density at radius 3 is 2.38 bits per heavy atom. The minimum Gasteiger partial charge on any atom is -0.735 e. The molecule has 1 unspecified atom stereocenters. The molecule has 1 aromatic carbocycles. The predicted molar refractivity (Wildman–Crippen MR) is 58.3 cm³/mol. The minimum absolute atomic E-state index is 0.305. The number of benzene rings is 1. The van der Waals surface area contributed by atoms with E-state index in [1.807, 2.05) is 0 Å². The summed E-state index contributed by atoms with van der Waals surface area (Å²) < 4.78 is 33.1. The summed E-state index contributed by atoms with van der Waals surface area (Å²) in [5.74, 6) is 0. The lowest BCUT2D eigenvalue weighted by molar-refractivity contribution is 0.0374. The van der Waals surface area contributed by atoms with Crippen LogP contribution < -0.4 is 4.72 Å². The van der Waals surface area contributed by atoms with Gasteiger partial charge >= 0.3 is 0 Å². The topological polar surface area (TPSA) is 89.5 Å². The normalized spacial score (nSPS) is 15.7. The van der Waals surface area contributed by atoms with Gasteiger partial charge in [0.2, 0.25) is 0 Å². The molecule has 0 aliphatic rings. The molecule has 0 amide bonds. The fraction of sp³-hybridized carbons (Fsp3) is 0.400. The van der Waals surface area contributed by atoms with E-state index in [2.05, 4.69) is 0 Å². The third-order valence-corrected chi connectivity index (χ3v) is 2.94. The Kier molecular flexibility index (Phi) is 4.03. The summed E-state index contributed by atoms with van der Waals surface area (Å²) in [5, 5.41) is 10.2. The number of nitrogens with one attached hydrogen (secondary N) is 1. The van der Waals surface area contributed by atoms with Gasteiger partial charge in [-0.3, -0.25) is 0 Å². The fourth-order valence-corrected chi connectivity index (χ4v) is 1.80. The summed E-state index contributed by atoms with van der Waals surface area (Å²) in [7, 11) is -4.54. The molecular weight excluding hydrogens is 230 g/mol. The first-order valence-corrected chi connectivity index (χ1v) is 6.26. The van der Waals surface area contributed by atoms with Gasteiger partial charge in [0.25, 0.3) is 0 Å². The lowest BCUT2D eigenvalue weighted by atomic mass is 9.91. The first-order valence-electron chi connectivity index (χ1n) is 4.86. The number of hydrogen-bond donors (Lipinski definition) is 2. The second-order valence-corrected chi connectivity index (χ2v) is 4.72. The van der Waals surface area contributed by atoms with Gasteiger partial charge in [-0.25, -0.2) is 13.1 Å². The molecule has 0 spiro atoms. The van der Waals surface area contributed by atoms with E-state index in [4.69, 9.17) is 0 Å². The third kappa shape index (κ3) is 3.57. The molecule has 0 aliphatic carbocycles. The van der Waals surface area contributed by atoms with Crippen LogP contribution in [0.1, 0.15) is 18.9 Å². The van der Waals surface area contributed by atoms with Crippen LogP contribution in [0.15, 0.2) is 30.3 Å². The van der Waals surface area contributed by atoms with E-state index < -0.39 is 15.9 Å². The van der Waals surface area contributed by atoms with Gasteiger partial charge in [-0.15, -0.1) is 0 Å². The van der Waals surface area contributed by atoms with Gasteiger partial charge in [0.05, 0.1) is 0 Å². The Balaban J connectivity index is 2.87. The summed E-state index contributed by atoms with van der Waals surface area (Å²) in [6, 6.07) is 8.63. The molecule has 0 radical (unpaired) electrons. The fourth-order valence-electron chi connectivity index (χ4n) is 1.39. The van der Waals surface area contributed by atoms with E-state index in [1.165, 1.54) is 0 Å². The summed E-state index contributed by atoms with van der Waals surface area (Å²) in [5.41, 5.74) is -0.771. The summed E-state index contributed by atoms with van der Waals surface area (Å²) in [6.45, 7) is 1.39. The second kappa shape index (κ2) is 4.92. The van der Waals surface area contributed by atoms with Gasteiger partial charge in [0, 0.05) is 6.54 Å². The van der Waals surface area contributed by atoms with E-state index in [-0.39, 0.29) is 6.54 Å². The van der Waals surface area contributed by atoms with Crippen molar-refractivity contribution >= 4 is 10.3 Å². The average molecular weight is 244 g/mol. The monoisotopic (exact) mass is 244 g/mol. The molecule has 0 fully saturated rings. The Labute approximate surface area is 95.0 Å². The molecule has 16 heavy (non-hydrogen) atoms. The van der Waals surface area contributed by atoms with Crippen molar-refractivity contribution in [3.8, 4) is 0 Å². The largest absolute Gasteiger partial charge is 0.735 e. The van der Waals surface area contributed by atoms with Crippen LogP contribution in [0.3, 0.4) is 0 Å². The highest BCUT2D eigenvalue weighted by Crippen LogP contribution is 2.23. The van der Waals surface area contributed by atoms with Crippen LogP contribution in [0.5, 0.6) is 0 Å². The highest BCUT2D eigenvalue weighted by Gasteiger charge is 2.27. The molecule has 1 rings (SSSR count). The molecule has 0 aromatic heterocycles. The highest BCUT2D eigenvalue weighted by molar-refractivity contribution is 7.83. The zero-order valence-electron chi connectivity index (χ0n) is 8.88. The molecule has 1 aromatic rings. The standard InChI is InChI=1S/C10H15NO4S/c1-2-10(12,8-11-16(13,14)15)9-6-4-3-5-7-9/h3-7,11-12H,2,8H2,1H3,(H,13,14,15)/p-1. The summed E-state index contributed by atoms with van der Waals surface area (Å²) >= 11 is 0. The van der Waals surface area contributed by atoms with Crippen molar-refractivity contribution < 1.29 is 18.1 Å². The molecule has 5 nitrogen and oxygen atoms in total. The summed E-state index contributed by atoms with van der Waals surface area (Å²) in [6.07, 6.45) is 0.305. The van der Waals surface area contributed by atoms with E-state index in [0.717, 1.165) is 0 Å². The molecular formula is C10H14NO4S-. The zero-order chi connectivity index (χ0) is 12.2. The van der Waals surface area contributed by atoms with Crippen LogP contribution >= 0.6 is 0 Å². The van der Waals surface area contributed by atoms with Crippen LogP contribution in [0.2, 0.25) is 0 Å². The number of hydrogen-bond acceptors (Lipinski definition) is 4. The van der Waals surface area contributed by atoms with E-state index in [0.29, 0.717) is 12.0 Å². The Morgan fingerprint density at radius 2 is 1.94 bits per heavy atom. The van der Waals surface area contributed by atoms with Crippen molar-refractivity contribution in [1.29, 1.82) is 0 Å². The maximum absolute atomic E-state index is 10.4. The van der Waals surface area contributed by atoms with Crippen molar-refractivity contribution in [1.82, 2.24) is 4.72 Å². The number of rotatable bonds is 5. The average Bonchev–Trinajstić information content (AvgIpc) is 2.26. The van der Waals surface area contributed by atoms with Crippen LogP contribution in [0.25, 0.3) is 0 Å². The van der Waals surface area contributed by atoms with E-state index >= 15 is 0 Å². The van der Waals surface area contributed by atoms with Crippen LogP contribution in [-0.4, -0.2) is 24.6 Å². The first kappa shape index (κ1) is 13.1. The van der Waals surface area contributed by atoms with E-state index in [1.54, 1.807) is 42.0 Å². The van der Waals surface area contributed by atoms with Crippen LogP contribution in [-0.2, 0) is 15.9 Å². The van der Waals surface area contributed by atoms with Crippen molar-refractivity contribution in [2.24, 2.45) is 0 Å². The molecule has 0 aliphatic heterocycles. The Morgan fingerprint density at radius 1 is 1.38 bits per heavy atom. The van der Waals surface area contributed by atoms with Crippen molar-refractivity contribution in [2.45, 2.75) is 18.9 Å². The molecule has 0 bridgehead atoms. The molecule has 6 heteroatoms. The van der Waals surface area contributed by atoms with Crippen molar-refractivity contribution in [3.63, 3.8) is 0 Å². The van der Waals surface area contributed by atoms with Gasteiger partial charge in [-0.2, -0.15) is 0 Å². The molecule has 0 saturated carbocycles. The summed E-state index contributed by atoms with van der Waals surface area (Å²) in [4.78, 5) is 0. The molecule has 1 atom stereocenters. The lowest BCUT2D eigenvalue weighted by Gasteiger charge is -2.28. The van der Waals surface area contributed by atoms with Gasteiger partial charge in [-0.05, 0) is 12.0 Å². The maximum atomic E-state index is 10.4. The lowest BCUT2D eigenvalue weighted by Crippen LogP contribution is -2.40. The zero-order valence-corrected chi connectivity index (χ0v) is 9.70. The quantitative estimate of drug-likeness (QED) is 0.731. The van der Waals surface area contributed by atoms with Crippen LogP contribution in [0.4, 0.5) is 0 Å². The predicted octanol–water partition coefficient (Wildman–Crippen LogP) is 0.334. The van der Waals surface area contributed by atoms with Gasteiger partial charge in [0.1, 0.15) is 5.60 Å². The Bertz CT molecular complexity index is 431. The van der Waals surface area contributed by atoms with Gasteiger partial charge in [0.15, 0.2) is 10.3 Å². The molecule has 90 valence electrons. The third-order valence-electron chi connectivity index (χ3n) is 2.44. The smallest absolute Gasteiger partial charge is 0.159 e. The number of aliphatic hydroxyl groups is 1. The molecule has 0 saturated heterocycles. The maximum Gasteiger partial charge on any atom is 0.159 e. The second-order valence-electron chi connectivity index (χ2n) is 3.53. The molecule has 0 heterocycles. The SMILES string of the molecule is CCC(O)(CNS(=O)(=O)[O-])c1ccccc1. The van der Waals surface area contributed by atoms with Gasteiger partial charge in [-0.1, -0.05) is 37.3 Å².